The van der Waals surface area contributed by atoms with Crippen LogP contribution in [0, 0.1) is 6.92 Å². The summed E-state index contributed by atoms with van der Waals surface area (Å²) in [7, 11) is 0. The van der Waals surface area contributed by atoms with Gasteiger partial charge in [0.25, 0.3) is 0 Å². The van der Waals surface area contributed by atoms with Crippen LogP contribution >= 0.6 is 23.4 Å². The molecule has 1 atom stereocenters. The highest BCUT2D eigenvalue weighted by Crippen LogP contribution is 2.37. The summed E-state index contributed by atoms with van der Waals surface area (Å²) in [6.07, 6.45) is 4.33. The summed E-state index contributed by atoms with van der Waals surface area (Å²) in [5, 5.41) is 3.68. The van der Waals surface area contributed by atoms with Crippen molar-refractivity contribution in [2.24, 2.45) is 0 Å². The molecule has 0 bridgehead atoms. The molecule has 2 rings (SSSR count). The quantitative estimate of drug-likeness (QED) is 0.845. The Labute approximate surface area is 105 Å². The number of nitrogens with zero attached hydrogens (tertiary/aromatic N) is 2. The van der Waals surface area contributed by atoms with Crippen LogP contribution in [-0.2, 0) is 0 Å². The monoisotopic (exact) mass is 257 g/mol. The number of aryl methyl sites for hydroxylation is 1. The first-order valence-corrected chi connectivity index (χ1v) is 6.82. The maximum atomic E-state index is 5.78. The molecule has 2 heterocycles. The lowest BCUT2D eigenvalue weighted by atomic mass is 10.1. The molecular formula is C11H16ClN3S. The molecule has 1 aromatic heterocycles. The van der Waals surface area contributed by atoms with Gasteiger partial charge in [-0.15, -0.1) is 0 Å². The van der Waals surface area contributed by atoms with Gasteiger partial charge < -0.3 is 5.32 Å². The van der Waals surface area contributed by atoms with Gasteiger partial charge in [-0.1, -0.05) is 0 Å². The van der Waals surface area contributed by atoms with Crippen molar-refractivity contribution >= 4 is 29.2 Å². The van der Waals surface area contributed by atoms with Crippen molar-refractivity contribution in [2.45, 2.75) is 31.4 Å². The van der Waals surface area contributed by atoms with Crippen LogP contribution < -0.4 is 5.32 Å². The van der Waals surface area contributed by atoms with Crippen LogP contribution in [0.5, 0.6) is 0 Å². The van der Waals surface area contributed by atoms with Crippen LogP contribution in [0.15, 0.2) is 6.20 Å². The molecule has 1 saturated heterocycles. The maximum absolute atomic E-state index is 5.78. The fourth-order valence-corrected chi connectivity index (χ4v) is 3.22. The second-order valence-corrected chi connectivity index (χ2v) is 6.45. The number of nitrogens with one attached hydrogen (secondary N) is 1. The average molecular weight is 258 g/mol. The van der Waals surface area contributed by atoms with Gasteiger partial charge in [0.05, 0.1) is 0 Å². The van der Waals surface area contributed by atoms with E-state index in [1.54, 1.807) is 6.20 Å². The number of thioether (sulfide) groups is 1. The fourth-order valence-electron chi connectivity index (χ4n) is 1.85. The first-order valence-electron chi connectivity index (χ1n) is 5.46. The molecule has 5 heteroatoms. The van der Waals surface area contributed by atoms with Crippen molar-refractivity contribution in [1.82, 2.24) is 9.97 Å². The zero-order valence-corrected chi connectivity index (χ0v) is 11.2. The maximum Gasteiger partial charge on any atom is 0.224 e. The SMILES string of the molecule is Cc1cnc(Cl)nc1NCC1(C)CCCS1. The van der Waals surface area contributed by atoms with Gasteiger partial charge in [-0.05, 0) is 44.0 Å². The summed E-state index contributed by atoms with van der Waals surface area (Å²) in [6.45, 7) is 5.23. The molecule has 1 aliphatic rings. The number of anilines is 1. The summed E-state index contributed by atoms with van der Waals surface area (Å²) in [5.41, 5.74) is 1.04. The predicted molar refractivity (Wildman–Crippen MR) is 70.4 cm³/mol. The third kappa shape index (κ3) is 2.80. The van der Waals surface area contributed by atoms with Gasteiger partial charge in [-0.2, -0.15) is 11.8 Å². The van der Waals surface area contributed by atoms with Crippen LogP contribution in [0.4, 0.5) is 5.82 Å². The number of rotatable bonds is 3. The molecular weight excluding hydrogens is 242 g/mol. The van der Waals surface area contributed by atoms with Crippen LogP contribution in [0.2, 0.25) is 5.28 Å². The Morgan fingerprint density at radius 2 is 2.44 bits per heavy atom. The summed E-state index contributed by atoms with van der Waals surface area (Å²) in [5.74, 6) is 2.12. The first kappa shape index (κ1) is 12.0. The third-order valence-corrected chi connectivity index (χ3v) is 4.59. The standard InChI is InChI=1S/C11H16ClN3S/c1-8-6-13-10(12)15-9(8)14-7-11(2)4-3-5-16-11/h6H,3-5,7H2,1-2H3,(H,13,14,15). The van der Waals surface area contributed by atoms with Gasteiger partial charge in [-0.25, -0.2) is 9.97 Å². The molecule has 0 spiro atoms. The highest BCUT2D eigenvalue weighted by atomic mass is 35.5. The van der Waals surface area contributed by atoms with E-state index in [4.69, 9.17) is 11.6 Å². The molecule has 0 amide bonds. The molecule has 88 valence electrons. The number of aromatic nitrogens is 2. The van der Waals surface area contributed by atoms with E-state index in [9.17, 15) is 0 Å². The van der Waals surface area contributed by atoms with Gasteiger partial charge >= 0.3 is 0 Å². The minimum absolute atomic E-state index is 0.303. The first-order chi connectivity index (χ1) is 7.59. The minimum Gasteiger partial charge on any atom is -0.368 e. The molecule has 1 unspecified atom stereocenters. The Balaban J connectivity index is 2.01. The van der Waals surface area contributed by atoms with Crippen LogP contribution in [0.1, 0.15) is 25.3 Å². The van der Waals surface area contributed by atoms with Gasteiger partial charge in [0, 0.05) is 23.1 Å². The molecule has 1 fully saturated rings. The second kappa shape index (κ2) is 4.80. The number of hydrogen-bond acceptors (Lipinski definition) is 4. The fraction of sp³-hybridized carbons (Fsp3) is 0.636. The van der Waals surface area contributed by atoms with E-state index in [1.807, 2.05) is 18.7 Å². The second-order valence-electron chi connectivity index (χ2n) is 4.43. The Hall–Kier alpha value is -0.480. The van der Waals surface area contributed by atoms with E-state index in [2.05, 4.69) is 22.2 Å². The van der Waals surface area contributed by atoms with E-state index in [-0.39, 0.29) is 0 Å². The summed E-state index contributed by atoms with van der Waals surface area (Å²) in [6, 6.07) is 0. The van der Waals surface area contributed by atoms with Gasteiger partial charge in [0.1, 0.15) is 5.82 Å². The van der Waals surface area contributed by atoms with E-state index >= 15 is 0 Å². The minimum atomic E-state index is 0.303. The van der Waals surface area contributed by atoms with Crippen LogP contribution in [0.3, 0.4) is 0 Å². The summed E-state index contributed by atoms with van der Waals surface area (Å²) < 4.78 is 0.337. The van der Waals surface area contributed by atoms with Gasteiger partial charge in [-0.3, -0.25) is 0 Å². The number of hydrogen-bond donors (Lipinski definition) is 1. The van der Waals surface area contributed by atoms with Gasteiger partial charge in [0.2, 0.25) is 5.28 Å². The number of halogens is 1. The molecule has 0 aliphatic carbocycles. The lowest BCUT2D eigenvalue weighted by Crippen LogP contribution is -2.27. The van der Waals surface area contributed by atoms with Crippen molar-refractivity contribution < 1.29 is 0 Å². The van der Waals surface area contributed by atoms with Gasteiger partial charge in [0.15, 0.2) is 0 Å². The highest BCUT2D eigenvalue weighted by molar-refractivity contribution is 8.00. The average Bonchev–Trinajstić information content (AvgIpc) is 2.67. The molecule has 0 saturated carbocycles. The zero-order chi connectivity index (χ0) is 11.6. The van der Waals surface area contributed by atoms with Crippen LogP contribution in [0.25, 0.3) is 0 Å². The Bertz CT molecular complexity index is 377. The summed E-state index contributed by atoms with van der Waals surface area (Å²) in [4.78, 5) is 8.14. The Kier molecular flexibility index (Phi) is 3.60. The van der Waals surface area contributed by atoms with Crippen LogP contribution in [-0.4, -0.2) is 27.0 Å². The Morgan fingerprint density at radius 1 is 1.62 bits per heavy atom. The Morgan fingerprint density at radius 3 is 3.12 bits per heavy atom. The molecule has 3 nitrogen and oxygen atoms in total. The zero-order valence-electron chi connectivity index (χ0n) is 9.59. The van der Waals surface area contributed by atoms with Crippen molar-refractivity contribution in [3.63, 3.8) is 0 Å². The third-order valence-electron chi connectivity index (χ3n) is 2.87. The molecule has 0 aromatic carbocycles. The molecule has 1 aromatic rings. The predicted octanol–water partition coefficient (Wildman–Crippen LogP) is 3.14. The van der Waals surface area contributed by atoms with E-state index < -0.39 is 0 Å². The van der Waals surface area contributed by atoms with Crippen molar-refractivity contribution in [3.8, 4) is 0 Å². The lowest BCUT2D eigenvalue weighted by molar-refractivity contribution is 0.633. The highest BCUT2D eigenvalue weighted by Gasteiger charge is 2.29. The smallest absolute Gasteiger partial charge is 0.224 e. The summed E-state index contributed by atoms with van der Waals surface area (Å²) >= 11 is 7.81. The van der Waals surface area contributed by atoms with Crippen molar-refractivity contribution in [1.29, 1.82) is 0 Å². The topological polar surface area (TPSA) is 37.8 Å². The molecule has 1 aliphatic heterocycles. The normalized spacial score (nSPS) is 24.7. The largest absolute Gasteiger partial charge is 0.368 e. The molecule has 0 radical (unpaired) electrons. The molecule has 16 heavy (non-hydrogen) atoms. The van der Waals surface area contributed by atoms with Crippen molar-refractivity contribution in [2.75, 3.05) is 17.6 Å². The van der Waals surface area contributed by atoms with Crippen molar-refractivity contribution in [3.05, 3.63) is 17.0 Å². The van der Waals surface area contributed by atoms with E-state index in [0.717, 1.165) is 17.9 Å². The van der Waals surface area contributed by atoms with E-state index in [0.29, 0.717) is 10.0 Å². The molecule has 1 N–H and O–H groups in total. The lowest BCUT2D eigenvalue weighted by Gasteiger charge is -2.23. The van der Waals surface area contributed by atoms with E-state index in [1.165, 1.54) is 18.6 Å².